The third-order valence-electron chi connectivity index (χ3n) is 3.95. The first-order valence-corrected chi connectivity index (χ1v) is 6.29. The summed E-state index contributed by atoms with van der Waals surface area (Å²) in [5, 5.41) is 3.31. The van der Waals surface area contributed by atoms with Gasteiger partial charge in [-0.3, -0.25) is 4.79 Å². The highest BCUT2D eigenvalue weighted by molar-refractivity contribution is 5.80. The summed E-state index contributed by atoms with van der Waals surface area (Å²) in [4.78, 5) is 16.8. The van der Waals surface area contributed by atoms with Crippen LogP contribution in [-0.2, 0) is 4.79 Å². The number of nitrogens with one attached hydrogen (secondary N) is 1. The fourth-order valence-electron chi connectivity index (χ4n) is 2.82. The Morgan fingerprint density at radius 2 is 2.00 bits per heavy atom. The van der Waals surface area contributed by atoms with Crippen LogP contribution in [0.3, 0.4) is 0 Å². The van der Waals surface area contributed by atoms with Crippen molar-refractivity contribution in [2.45, 2.75) is 19.9 Å². The van der Waals surface area contributed by atoms with Gasteiger partial charge in [-0.2, -0.15) is 0 Å². The molecule has 1 unspecified atom stereocenters. The molecule has 0 aromatic heterocycles. The highest BCUT2D eigenvalue weighted by Gasteiger charge is 2.35. The molecular weight excluding hydrogens is 202 g/mol. The Morgan fingerprint density at radius 1 is 1.25 bits per heavy atom. The Hall–Kier alpha value is -0.610. The van der Waals surface area contributed by atoms with E-state index in [0.717, 1.165) is 32.7 Å². The number of amides is 1. The fraction of sp³-hybridized carbons (Fsp3) is 0.917. The normalized spacial score (nSPS) is 36.7. The van der Waals surface area contributed by atoms with Crippen LogP contribution in [0.5, 0.6) is 0 Å². The average Bonchev–Trinajstić information content (AvgIpc) is 2.63. The molecule has 1 N–H and O–H groups in total. The Bertz CT molecular complexity index is 269. The highest BCUT2D eigenvalue weighted by Crippen LogP contribution is 2.21. The van der Waals surface area contributed by atoms with Crippen LogP contribution in [0.15, 0.2) is 0 Å². The number of piperazine rings is 1. The first kappa shape index (κ1) is 11.9. The second-order valence-electron chi connectivity index (χ2n) is 5.38. The molecule has 2 saturated heterocycles. The summed E-state index contributed by atoms with van der Waals surface area (Å²) >= 11 is 0. The lowest BCUT2D eigenvalue weighted by Gasteiger charge is -2.39. The molecule has 0 spiro atoms. The molecule has 0 aliphatic carbocycles. The van der Waals surface area contributed by atoms with Gasteiger partial charge in [-0.1, -0.05) is 6.92 Å². The van der Waals surface area contributed by atoms with Gasteiger partial charge in [-0.05, 0) is 26.4 Å². The lowest BCUT2D eigenvalue weighted by atomic mass is 9.95. The Balaban J connectivity index is 1.98. The van der Waals surface area contributed by atoms with E-state index < -0.39 is 0 Å². The zero-order valence-electron chi connectivity index (χ0n) is 10.6. The summed E-state index contributed by atoms with van der Waals surface area (Å²) in [6, 6.07) is 0.360. The van der Waals surface area contributed by atoms with Gasteiger partial charge in [0.2, 0.25) is 5.91 Å². The summed E-state index contributed by atoms with van der Waals surface area (Å²) in [7, 11) is 2.12. The van der Waals surface area contributed by atoms with E-state index in [9.17, 15) is 4.79 Å². The van der Waals surface area contributed by atoms with E-state index in [1.54, 1.807) is 0 Å². The Kier molecular flexibility index (Phi) is 3.50. The Labute approximate surface area is 98.0 Å². The van der Waals surface area contributed by atoms with Crippen LogP contribution in [0.2, 0.25) is 0 Å². The van der Waals surface area contributed by atoms with E-state index in [1.807, 2.05) is 0 Å². The average molecular weight is 225 g/mol. The molecular formula is C12H23N3O. The van der Waals surface area contributed by atoms with Gasteiger partial charge in [-0.25, -0.2) is 0 Å². The molecule has 0 saturated carbocycles. The largest absolute Gasteiger partial charge is 0.337 e. The maximum absolute atomic E-state index is 12.4. The number of carbonyl (C=O) groups excluding carboxylic acids is 1. The number of rotatable bonds is 1. The van der Waals surface area contributed by atoms with Crippen molar-refractivity contribution in [3.05, 3.63) is 0 Å². The van der Waals surface area contributed by atoms with Crippen LogP contribution >= 0.6 is 0 Å². The smallest absolute Gasteiger partial charge is 0.227 e. The second kappa shape index (κ2) is 4.72. The SMILES string of the molecule is CC1CN(C)CCN1C(=O)[C@@H]1CNC[C@H]1C. The van der Waals surface area contributed by atoms with Crippen molar-refractivity contribution in [2.75, 3.05) is 39.8 Å². The molecule has 4 heteroatoms. The first-order valence-electron chi connectivity index (χ1n) is 6.29. The van der Waals surface area contributed by atoms with Gasteiger partial charge in [0.25, 0.3) is 0 Å². The van der Waals surface area contributed by atoms with Crippen LogP contribution in [0.1, 0.15) is 13.8 Å². The number of hydrogen-bond acceptors (Lipinski definition) is 3. The summed E-state index contributed by atoms with van der Waals surface area (Å²) in [6.45, 7) is 9.06. The summed E-state index contributed by atoms with van der Waals surface area (Å²) < 4.78 is 0. The molecule has 0 bridgehead atoms. The number of hydrogen-bond donors (Lipinski definition) is 1. The van der Waals surface area contributed by atoms with E-state index in [0.29, 0.717) is 17.9 Å². The van der Waals surface area contributed by atoms with Crippen molar-refractivity contribution in [1.82, 2.24) is 15.1 Å². The molecule has 2 fully saturated rings. The predicted molar refractivity (Wildman–Crippen MR) is 64.2 cm³/mol. The van der Waals surface area contributed by atoms with Crippen molar-refractivity contribution in [2.24, 2.45) is 11.8 Å². The maximum Gasteiger partial charge on any atom is 0.227 e. The van der Waals surface area contributed by atoms with Crippen molar-refractivity contribution >= 4 is 5.91 Å². The molecule has 3 atom stereocenters. The van der Waals surface area contributed by atoms with Crippen molar-refractivity contribution in [3.8, 4) is 0 Å². The van der Waals surface area contributed by atoms with Crippen LogP contribution in [0.25, 0.3) is 0 Å². The van der Waals surface area contributed by atoms with Crippen molar-refractivity contribution < 1.29 is 4.79 Å². The molecule has 2 aliphatic heterocycles. The molecule has 1 amide bonds. The van der Waals surface area contributed by atoms with Gasteiger partial charge in [0, 0.05) is 32.2 Å². The molecule has 2 rings (SSSR count). The standard InChI is InChI=1S/C12H23N3O/c1-9-6-13-7-11(9)12(16)15-5-4-14(3)8-10(15)2/h9-11,13H,4-8H2,1-3H3/t9-,10?,11-/m1/s1. The van der Waals surface area contributed by atoms with Gasteiger partial charge in [-0.15, -0.1) is 0 Å². The molecule has 0 aromatic rings. The topological polar surface area (TPSA) is 35.6 Å². The minimum absolute atomic E-state index is 0.200. The number of nitrogens with zero attached hydrogens (tertiary/aromatic N) is 2. The van der Waals surface area contributed by atoms with Crippen molar-refractivity contribution in [3.63, 3.8) is 0 Å². The van der Waals surface area contributed by atoms with Gasteiger partial charge in [0.15, 0.2) is 0 Å². The molecule has 2 heterocycles. The first-order chi connectivity index (χ1) is 7.59. The fourth-order valence-corrected chi connectivity index (χ4v) is 2.82. The Morgan fingerprint density at radius 3 is 2.56 bits per heavy atom. The molecule has 2 aliphatic rings. The van der Waals surface area contributed by atoms with E-state index in [4.69, 9.17) is 0 Å². The van der Waals surface area contributed by atoms with Crippen LogP contribution in [0.4, 0.5) is 0 Å². The zero-order chi connectivity index (χ0) is 11.7. The minimum atomic E-state index is 0.200. The third kappa shape index (κ3) is 2.23. The van der Waals surface area contributed by atoms with Crippen LogP contribution in [0, 0.1) is 11.8 Å². The summed E-state index contributed by atoms with van der Waals surface area (Å²) in [5.74, 6) is 1.04. The number of carbonyl (C=O) groups is 1. The second-order valence-corrected chi connectivity index (χ2v) is 5.38. The van der Waals surface area contributed by atoms with E-state index in [2.05, 4.69) is 36.0 Å². The summed E-state index contributed by atoms with van der Waals surface area (Å²) in [5.41, 5.74) is 0. The lowest BCUT2D eigenvalue weighted by molar-refractivity contribution is -0.140. The van der Waals surface area contributed by atoms with Gasteiger partial charge >= 0.3 is 0 Å². The zero-order valence-corrected chi connectivity index (χ0v) is 10.6. The predicted octanol–water partition coefficient (Wildman–Crippen LogP) is 0.00440. The van der Waals surface area contributed by atoms with Crippen LogP contribution in [-0.4, -0.2) is 61.5 Å². The highest BCUT2D eigenvalue weighted by atomic mass is 16.2. The van der Waals surface area contributed by atoms with Crippen LogP contribution < -0.4 is 5.32 Å². The molecule has 4 nitrogen and oxygen atoms in total. The molecule has 0 radical (unpaired) electrons. The van der Waals surface area contributed by atoms with Crippen molar-refractivity contribution in [1.29, 1.82) is 0 Å². The molecule has 16 heavy (non-hydrogen) atoms. The maximum atomic E-state index is 12.4. The third-order valence-corrected chi connectivity index (χ3v) is 3.95. The van der Waals surface area contributed by atoms with Gasteiger partial charge < -0.3 is 15.1 Å². The lowest BCUT2D eigenvalue weighted by Crippen LogP contribution is -2.54. The van der Waals surface area contributed by atoms with E-state index in [1.165, 1.54) is 0 Å². The van der Waals surface area contributed by atoms with Gasteiger partial charge in [0.1, 0.15) is 0 Å². The van der Waals surface area contributed by atoms with E-state index >= 15 is 0 Å². The molecule has 0 aromatic carbocycles. The van der Waals surface area contributed by atoms with Gasteiger partial charge in [0.05, 0.1) is 5.92 Å². The number of likely N-dealkylation sites (N-methyl/N-ethyl adjacent to an activating group) is 1. The monoisotopic (exact) mass is 225 g/mol. The molecule has 92 valence electrons. The summed E-state index contributed by atoms with van der Waals surface area (Å²) in [6.07, 6.45) is 0. The quantitative estimate of drug-likeness (QED) is 0.682. The van der Waals surface area contributed by atoms with E-state index in [-0.39, 0.29) is 5.92 Å². The minimum Gasteiger partial charge on any atom is -0.337 e.